The molecule has 96 valence electrons. The Morgan fingerprint density at radius 3 is 2.67 bits per heavy atom. The van der Waals surface area contributed by atoms with Crippen molar-refractivity contribution < 1.29 is 13.3 Å². The monoisotopic (exact) mass is 267 g/mol. The first kappa shape index (κ1) is 12.7. The number of aromatic nitrogens is 2. The topological polar surface area (TPSA) is 73.2 Å². The van der Waals surface area contributed by atoms with E-state index in [0.717, 1.165) is 5.56 Å². The van der Waals surface area contributed by atoms with Crippen molar-refractivity contribution in [2.45, 2.75) is 11.6 Å². The lowest BCUT2D eigenvalue weighted by atomic mass is 10.2. The van der Waals surface area contributed by atoms with Gasteiger partial charge in [0.05, 0.1) is 12.9 Å². The van der Waals surface area contributed by atoms with E-state index >= 15 is 0 Å². The zero-order valence-electron chi connectivity index (χ0n) is 9.78. The second-order valence-electron chi connectivity index (χ2n) is 3.74. The summed E-state index contributed by atoms with van der Waals surface area (Å²) < 4.78 is 25.0. The van der Waals surface area contributed by atoms with E-state index in [2.05, 4.69) is 4.98 Å². The van der Waals surface area contributed by atoms with Crippen LogP contribution in [0.1, 0.15) is 5.56 Å². The third kappa shape index (κ3) is 3.16. The van der Waals surface area contributed by atoms with Gasteiger partial charge in [-0.2, -0.15) is 0 Å². The summed E-state index contributed by atoms with van der Waals surface area (Å²) in [6, 6.07) is 9.27. The molecule has 6 nitrogen and oxygen atoms in total. The predicted molar refractivity (Wildman–Crippen MR) is 64.8 cm³/mol. The summed E-state index contributed by atoms with van der Waals surface area (Å²) in [7, 11) is -2.02. The molecule has 0 saturated heterocycles. The van der Waals surface area contributed by atoms with Gasteiger partial charge in [-0.05, 0) is 5.56 Å². The van der Waals surface area contributed by atoms with Crippen molar-refractivity contribution in [1.29, 1.82) is 0 Å². The Balaban J connectivity index is 1.94. The molecule has 0 aliphatic carbocycles. The van der Waals surface area contributed by atoms with E-state index in [1.54, 1.807) is 11.6 Å². The van der Waals surface area contributed by atoms with Crippen LogP contribution in [-0.4, -0.2) is 18.0 Å². The number of sulfonamides is 1. The second kappa shape index (κ2) is 5.30. The summed E-state index contributed by atoms with van der Waals surface area (Å²) >= 11 is 0. The molecular weight excluding hydrogens is 254 g/mol. The number of aryl methyl sites for hydroxylation is 1. The lowest BCUT2D eigenvalue weighted by molar-refractivity contribution is 0.0793. The summed E-state index contributed by atoms with van der Waals surface area (Å²) in [6.07, 6.45) is 2.81. The lowest BCUT2D eigenvalue weighted by Gasteiger charge is -2.04. The quantitative estimate of drug-likeness (QED) is 0.814. The maximum Gasteiger partial charge on any atom is 0.281 e. The lowest BCUT2D eigenvalue weighted by Crippen LogP contribution is -2.24. The zero-order valence-corrected chi connectivity index (χ0v) is 10.6. The minimum Gasteiger partial charge on any atom is -0.339 e. The van der Waals surface area contributed by atoms with Crippen molar-refractivity contribution in [3.05, 3.63) is 48.4 Å². The molecule has 0 atom stereocenters. The molecular formula is C11H13N3O3S. The fraction of sp³-hybridized carbons (Fsp3) is 0.182. The molecule has 7 heteroatoms. The standard InChI is InChI=1S/C11H13N3O3S/c1-14-7-11(12-9-14)18(15,16)13-17-8-10-5-3-2-4-6-10/h2-7,9,13H,8H2,1H3. The number of hydrogen-bond acceptors (Lipinski definition) is 4. The first-order valence-corrected chi connectivity index (χ1v) is 6.72. The number of nitrogens with zero attached hydrogens (tertiary/aromatic N) is 2. The second-order valence-corrected chi connectivity index (χ2v) is 5.33. The van der Waals surface area contributed by atoms with Crippen LogP contribution in [0.5, 0.6) is 0 Å². The van der Waals surface area contributed by atoms with Gasteiger partial charge in [0.2, 0.25) is 0 Å². The van der Waals surface area contributed by atoms with Gasteiger partial charge in [-0.3, -0.25) is 4.84 Å². The smallest absolute Gasteiger partial charge is 0.281 e. The van der Waals surface area contributed by atoms with Gasteiger partial charge in [-0.15, -0.1) is 0 Å². The largest absolute Gasteiger partial charge is 0.339 e. The minimum atomic E-state index is -3.71. The van der Waals surface area contributed by atoms with Crippen LogP contribution in [0.25, 0.3) is 0 Å². The van der Waals surface area contributed by atoms with E-state index in [1.807, 2.05) is 35.2 Å². The van der Waals surface area contributed by atoms with E-state index in [1.165, 1.54) is 12.5 Å². The molecule has 2 aromatic rings. The molecule has 0 amide bonds. The van der Waals surface area contributed by atoms with Crippen LogP contribution >= 0.6 is 0 Å². The molecule has 1 aromatic carbocycles. The van der Waals surface area contributed by atoms with Crippen LogP contribution in [0.4, 0.5) is 0 Å². The zero-order chi connectivity index (χ0) is 13.0. The number of hydrogen-bond donors (Lipinski definition) is 1. The Kier molecular flexibility index (Phi) is 3.75. The summed E-state index contributed by atoms with van der Waals surface area (Å²) in [5.74, 6) is 0. The molecule has 0 saturated carbocycles. The molecule has 18 heavy (non-hydrogen) atoms. The summed E-state index contributed by atoms with van der Waals surface area (Å²) in [4.78, 5) is 10.7. The molecule has 0 aliphatic heterocycles. The number of rotatable bonds is 5. The van der Waals surface area contributed by atoms with Crippen LogP contribution in [0.3, 0.4) is 0 Å². The summed E-state index contributed by atoms with van der Waals surface area (Å²) in [5.41, 5.74) is 0.876. The van der Waals surface area contributed by atoms with Crippen molar-refractivity contribution in [1.82, 2.24) is 14.4 Å². The van der Waals surface area contributed by atoms with Gasteiger partial charge in [0.15, 0.2) is 5.03 Å². The molecule has 0 bridgehead atoms. The highest BCUT2D eigenvalue weighted by molar-refractivity contribution is 7.89. The molecule has 0 unspecified atom stereocenters. The Morgan fingerprint density at radius 2 is 2.06 bits per heavy atom. The van der Waals surface area contributed by atoms with Crippen molar-refractivity contribution in [2.24, 2.45) is 7.05 Å². The number of nitrogens with one attached hydrogen (secondary N) is 1. The highest BCUT2D eigenvalue weighted by Crippen LogP contribution is 2.05. The maximum atomic E-state index is 11.7. The molecule has 0 spiro atoms. The summed E-state index contributed by atoms with van der Waals surface area (Å²) in [5, 5.41) is -0.0712. The average molecular weight is 267 g/mol. The fourth-order valence-electron chi connectivity index (χ4n) is 1.33. The van der Waals surface area contributed by atoms with Gasteiger partial charge in [-0.25, -0.2) is 13.4 Å². The van der Waals surface area contributed by atoms with E-state index in [4.69, 9.17) is 4.84 Å². The van der Waals surface area contributed by atoms with Crippen molar-refractivity contribution in [2.75, 3.05) is 0 Å². The van der Waals surface area contributed by atoms with Gasteiger partial charge in [0.25, 0.3) is 10.0 Å². The van der Waals surface area contributed by atoms with E-state index in [-0.39, 0.29) is 11.6 Å². The third-order valence-electron chi connectivity index (χ3n) is 2.21. The predicted octanol–water partition coefficient (Wildman–Crippen LogP) is 0.830. The van der Waals surface area contributed by atoms with E-state index < -0.39 is 10.0 Å². The molecule has 1 heterocycles. The van der Waals surface area contributed by atoms with Crippen LogP contribution in [-0.2, 0) is 28.5 Å². The average Bonchev–Trinajstić information content (AvgIpc) is 2.78. The van der Waals surface area contributed by atoms with E-state index in [0.29, 0.717) is 0 Å². The maximum absolute atomic E-state index is 11.7. The van der Waals surface area contributed by atoms with Crippen molar-refractivity contribution in [3.8, 4) is 0 Å². The highest BCUT2D eigenvalue weighted by atomic mass is 32.2. The molecule has 1 N–H and O–H groups in total. The first-order chi connectivity index (χ1) is 8.58. The molecule has 0 fully saturated rings. The number of imidazole rings is 1. The fourth-order valence-corrected chi connectivity index (χ4v) is 2.13. The Labute approximate surface area is 105 Å². The van der Waals surface area contributed by atoms with E-state index in [9.17, 15) is 8.42 Å². The highest BCUT2D eigenvalue weighted by Gasteiger charge is 2.16. The van der Waals surface area contributed by atoms with Crippen LogP contribution in [0.15, 0.2) is 47.9 Å². The van der Waals surface area contributed by atoms with Crippen LogP contribution in [0.2, 0.25) is 0 Å². The molecule has 0 radical (unpaired) electrons. The summed E-state index contributed by atoms with van der Waals surface area (Å²) in [6.45, 7) is 0.160. The third-order valence-corrected chi connectivity index (χ3v) is 3.31. The van der Waals surface area contributed by atoms with Crippen LogP contribution < -0.4 is 4.89 Å². The molecule has 2 rings (SSSR count). The normalized spacial score (nSPS) is 11.6. The van der Waals surface area contributed by atoms with Crippen molar-refractivity contribution >= 4 is 10.0 Å². The number of benzene rings is 1. The van der Waals surface area contributed by atoms with Gasteiger partial charge < -0.3 is 4.57 Å². The Bertz CT molecular complexity index is 607. The van der Waals surface area contributed by atoms with Gasteiger partial charge in [-0.1, -0.05) is 35.2 Å². The minimum absolute atomic E-state index is 0.0712. The molecule has 0 aliphatic rings. The van der Waals surface area contributed by atoms with Gasteiger partial charge in [0, 0.05) is 13.2 Å². The van der Waals surface area contributed by atoms with Crippen molar-refractivity contribution in [3.63, 3.8) is 0 Å². The van der Waals surface area contributed by atoms with Crippen LogP contribution in [0, 0.1) is 0 Å². The molecule has 1 aromatic heterocycles. The van der Waals surface area contributed by atoms with Gasteiger partial charge >= 0.3 is 0 Å². The Morgan fingerprint density at radius 1 is 1.33 bits per heavy atom. The SMILES string of the molecule is Cn1cnc(S(=O)(=O)NOCc2ccccc2)c1. The van der Waals surface area contributed by atoms with Gasteiger partial charge in [0.1, 0.15) is 0 Å². The Hall–Kier alpha value is -1.70. The first-order valence-electron chi connectivity index (χ1n) is 5.23.